The lowest BCUT2D eigenvalue weighted by Crippen LogP contribution is -2.21. The Morgan fingerprint density at radius 3 is 2.53 bits per heavy atom. The summed E-state index contributed by atoms with van der Waals surface area (Å²) in [7, 11) is 0. The van der Waals surface area contributed by atoms with Gasteiger partial charge in [0, 0.05) is 6.04 Å². The van der Waals surface area contributed by atoms with Gasteiger partial charge < -0.3 is 5.32 Å². The fraction of sp³-hybridized carbons (Fsp3) is 0.429. The van der Waals surface area contributed by atoms with Gasteiger partial charge in [-0.3, -0.25) is 0 Å². The van der Waals surface area contributed by atoms with Gasteiger partial charge in [0.1, 0.15) is 0 Å². The third kappa shape index (κ3) is 3.88. The van der Waals surface area contributed by atoms with Crippen LogP contribution in [0.15, 0.2) is 36.9 Å². The summed E-state index contributed by atoms with van der Waals surface area (Å²) in [4.78, 5) is 0. The Hall–Kier alpha value is -1.08. The Bertz CT molecular complexity index is 287. The first kappa shape index (κ1) is 12.0. The number of benzene rings is 1. The number of hydrogen-bond donors (Lipinski definition) is 1. The summed E-state index contributed by atoms with van der Waals surface area (Å²) in [5, 5.41) is 3.53. The Balaban J connectivity index is 2.57. The number of hydrogen-bond acceptors (Lipinski definition) is 1. The molecule has 0 saturated carbocycles. The van der Waals surface area contributed by atoms with E-state index in [1.165, 1.54) is 11.1 Å². The normalized spacial score (nSPS) is 12.4. The average molecular weight is 203 g/mol. The molecule has 1 rings (SSSR count). The lowest BCUT2D eigenvalue weighted by atomic mass is 10.0. The van der Waals surface area contributed by atoms with Gasteiger partial charge in [0.25, 0.3) is 0 Å². The van der Waals surface area contributed by atoms with Crippen LogP contribution in [-0.2, 0) is 0 Å². The Labute approximate surface area is 93.2 Å². The highest BCUT2D eigenvalue weighted by Gasteiger charge is 2.06. The molecule has 0 aliphatic carbocycles. The fourth-order valence-corrected chi connectivity index (χ4v) is 1.66. The maximum atomic E-state index is 3.73. The zero-order valence-electron chi connectivity index (χ0n) is 9.79. The van der Waals surface area contributed by atoms with Crippen molar-refractivity contribution in [2.75, 3.05) is 6.54 Å². The van der Waals surface area contributed by atoms with Gasteiger partial charge in [-0.15, -0.1) is 6.58 Å². The quantitative estimate of drug-likeness (QED) is 0.550. The molecule has 0 aliphatic rings. The van der Waals surface area contributed by atoms with Gasteiger partial charge in [-0.05, 0) is 31.9 Å². The number of nitrogens with one attached hydrogen (secondary N) is 1. The second-order valence-corrected chi connectivity index (χ2v) is 3.90. The summed E-state index contributed by atoms with van der Waals surface area (Å²) >= 11 is 0. The van der Waals surface area contributed by atoms with Crippen molar-refractivity contribution in [3.8, 4) is 0 Å². The van der Waals surface area contributed by atoms with Crippen molar-refractivity contribution in [3.63, 3.8) is 0 Å². The third-order valence-corrected chi connectivity index (χ3v) is 2.63. The van der Waals surface area contributed by atoms with Crippen molar-refractivity contribution in [2.45, 2.75) is 32.7 Å². The van der Waals surface area contributed by atoms with E-state index in [9.17, 15) is 0 Å². The molecule has 1 unspecified atom stereocenters. The summed E-state index contributed by atoms with van der Waals surface area (Å²) < 4.78 is 0. The molecule has 0 fully saturated rings. The second-order valence-electron chi connectivity index (χ2n) is 3.90. The van der Waals surface area contributed by atoms with Gasteiger partial charge >= 0.3 is 0 Å². The van der Waals surface area contributed by atoms with Gasteiger partial charge in [0.2, 0.25) is 0 Å². The van der Waals surface area contributed by atoms with Crippen LogP contribution in [-0.4, -0.2) is 6.54 Å². The van der Waals surface area contributed by atoms with Crippen molar-refractivity contribution in [1.82, 2.24) is 5.32 Å². The van der Waals surface area contributed by atoms with E-state index in [-0.39, 0.29) is 0 Å². The Morgan fingerprint density at radius 2 is 2.00 bits per heavy atom. The zero-order valence-corrected chi connectivity index (χ0v) is 9.79. The molecule has 1 heteroatoms. The van der Waals surface area contributed by atoms with E-state index in [1.54, 1.807) is 0 Å². The van der Waals surface area contributed by atoms with E-state index in [1.807, 2.05) is 6.08 Å². The Kier molecular flexibility index (Phi) is 5.13. The number of aryl methyl sites for hydroxylation is 1. The molecule has 1 nitrogen and oxygen atoms in total. The molecule has 1 N–H and O–H groups in total. The van der Waals surface area contributed by atoms with Crippen molar-refractivity contribution in [2.24, 2.45) is 0 Å². The van der Waals surface area contributed by atoms with Gasteiger partial charge in [-0.2, -0.15) is 0 Å². The van der Waals surface area contributed by atoms with Gasteiger partial charge in [0.05, 0.1) is 0 Å². The molecular formula is C14H21N. The largest absolute Gasteiger partial charge is 0.310 e. The van der Waals surface area contributed by atoms with E-state index >= 15 is 0 Å². The highest BCUT2D eigenvalue weighted by atomic mass is 14.9. The first-order valence-electron chi connectivity index (χ1n) is 5.68. The molecule has 82 valence electrons. The molecular weight excluding hydrogens is 182 g/mol. The van der Waals surface area contributed by atoms with Crippen LogP contribution in [0, 0.1) is 6.92 Å². The maximum absolute atomic E-state index is 3.73. The molecule has 0 spiro atoms. The molecule has 0 heterocycles. The third-order valence-electron chi connectivity index (χ3n) is 2.63. The molecule has 0 aromatic heterocycles. The van der Waals surface area contributed by atoms with Crippen LogP contribution in [0.5, 0.6) is 0 Å². The minimum absolute atomic E-state index is 0.477. The summed E-state index contributed by atoms with van der Waals surface area (Å²) in [5.74, 6) is 0. The van der Waals surface area contributed by atoms with Crippen LogP contribution >= 0.6 is 0 Å². The first-order valence-corrected chi connectivity index (χ1v) is 5.68. The molecule has 15 heavy (non-hydrogen) atoms. The van der Waals surface area contributed by atoms with E-state index in [4.69, 9.17) is 0 Å². The van der Waals surface area contributed by atoms with Crippen molar-refractivity contribution in [1.29, 1.82) is 0 Å². The maximum Gasteiger partial charge on any atom is 0.0317 e. The molecule has 1 aromatic rings. The topological polar surface area (TPSA) is 12.0 Å². The van der Waals surface area contributed by atoms with E-state index in [2.05, 4.69) is 50.0 Å². The summed E-state index contributed by atoms with van der Waals surface area (Å²) in [6.07, 6.45) is 4.11. The van der Waals surface area contributed by atoms with E-state index < -0.39 is 0 Å². The highest BCUT2D eigenvalue weighted by Crippen LogP contribution is 2.16. The SMILES string of the molecule is C=CCCNC(CC)c1ccc(C)cc1. The average Bonchev–Trinajstić information content (AvgIpc) is 2.26. The standard InChI is InChI=1S/C14H21N/c1-4-6-11-15-14(5-2)13-9-7-12(3)8-10-13/h4,7-10,14-15H,1,5-6,11H2,2-3H3. The predicted octanol–water partition coefficient (Wildman–Crippen LogP) is 3.61. The van der Waals surface area contributed by atoms with Crippen LogP contribution in [0.1, 0.15) is 36.9 Å². The smallest absolute Gasteiger partial charge is 0.0317 e. The van der Waals surface area contributed by atoms with E-state index in [0.717, 1.165) is 19.4 Å². The molecule has 1 atom stereocenters. The lowest BCUT2D eigenvalue weighted by Gasteiger charge is -2.17. The van der Waals surface area contributed by atoms with Crippen LogP contribution in [0.4, 0.5) is 0 Å². The van der Waals surface area contributed by atoms with E-state index in [0.29, 0.717) is 6.04 Å². The summed E-state index contributed by atoms with van der Waals surface area (Å²) in [5.41, 5.74) is 2.70. The fourth-order valence-electron chi connectivity index (χ4n) is 1.66. The first-order chi connectivity index (χ1) is 7.27. The molecule has 0 bridgehead atoms. The molecule has 1 aromatic carbocycles. The highest BCUT2D eigenvalue weighted by molar-refractivity contribution is 5.24. The van der Waals surface area contributed by atoms with Crippen molar-refractivity contribution < 1.29 is 0 Å². The van der Waals surface area contributed by atoms with Crippen LogP contribution < -0.4 is 5.32 Å². The predicted molar refractivity (Wildman–Crippen MR) is 67.0 cm³/mol. The number of rotatable bonds is 6. The lowest BCUT2D eigenvalue weighted by molar-refractivity contribution is 0.525. The zero-order chi connectivity index (χ0) is 11.1. The van der Waals surface area contributed by atoms with Crippen molar-refractivity contribution in [3.05, 3.63) is 48.0 Å². The van der Waals surface area contributed by atoms with Crippen LogP contribution in [0.2, 0.25) is 0 Å². The van der Waals surface area contributed by atoms with Gasteiger partial charge in [-0.1, -0.05) is 42.8 Å². The minimum atomic E-state index is 0.477. The molecule has 0 radical (unpaired) electrons. The minimum Gasteiger partial charge on any atom is -0.310 e. The van der Waals surface area contributed by atoms with Gasteiger partial charge in [-0.25, -0.2) is 0 Å². The molecule has 0 saturated heterocycles. The Morgan fingerprint density at radius 1 is 1.33 bits per heavy atom. The van der Waals surface area contributed by atoms with Crippen LogP contribution in [0.25, 0.3) is 0 Å². The molecule has 0 aliphatic heterocycles. The second kappa shape index (κ2) is 6.41. The monoisotopic (exact) mass is 203 g/mol. The summed E-state index contributed by atoms with van der Waals surface area (Å²) in [6.45, 7) is 9.07. The van der Waals surface area contributed by atoms with Crippen LogP contribution in [0.3, 0.4) is 0 Å². The van der Waals surface area contributed by atoms with Crippen molar-refractivity contribution >= 4 is 0 Å². The summed E-state index contributed by atoms with van der Waals surface area (Å²) in [6, 6.07) is 9.25. The van der Waals surface area contributed by atoms with Gasteiger partial charge in [0.15, 0.2) is 0 Å². The molecule has 0 amide bonds.